The molecule has 22 heavy (non-hydrogen) atoms. The van der Waals surface area contributed by atoms with Gasteiger partial charge in [-0.3, -0.25) is 0 Å². The van der Waals surface area contributed by atoms with Crippen LogP contribution in [-0.2, 0) is 9.84 Å². The van der Waals surface area contributed by atoms with E-state index in [2.05, 4.69) is 4.98 Å². The number of H-pyrrole nitrogens is 1. The number of hydrogen-bond acceptors (Lipinski definition) is 3. The first kappa shape index (κ1) is 14.3. The maximum absolute atomic E-state index is 12.6. The number of fused-ring (bicyclic) bond motifs is 1. The molecule has 0 saturated heterocycles. The van der Waals surface area contributed by atoms with Gasteiger partial charge in [0.1, 0.15) is 5.03 Å². The van der Waals surface area contributed by atoms with Gasteiger partial charge in [0.2, 0.25) is 9.84 Å². The van der Waals surface area contributed by atoms with E-state index in [0.29, 0.717) is 10.9 Å². The fourth-order valence-electron chi connectivity index (χ4n) is 2.31. The van der Waals surface area contributed by atoms with Crippen molar-refractivity contribution in [2.24, 2.45) is 0 Å². The maximum atomic E-state index is 12.6. The van der Waals surface area contributed by atoms with Crippen molar-refractivity contribution in [3.05, 3.63) is 59.7 Å². The van der Waals surface area contributed by atoms with E-state index in [1.807, 2.05) is 6.92 Å². The Kier molecular flexibility index (Phi) is 3.26. The Bertz CT molecular complexity index is 969. The zero-order valence-corrected chi connectivity index (χ0v) is 12.5. The molecule has 0 aliphatic carbocycles. The highest BCUT2D eigenvalue weighted by molar-refractivity contribution is 7.91. The monoisotopic (exact) mass is 315 g/mol. The van der Waals surface area contributed by atoms with Gasteiger partial charge in [0.15, 0.2) is 0 Å². The van der Waals surface area contributed by atoms with Crippen LogP contribution in [0.4, 0.5) is 0 Å². The number of nitrogens with one attached hydrogen (secondary N) is 1. The van der Waals surface area contributed by atoms with Gasteiger partial charge in [-0.05, 0) is 37.3 Å². The van der Waals surface area contributed by atoms with Crippen molar-refractivity contribution in [3.63, 3.8) is 0 Å². The second-order valence-corrected chi connectivity index (χ2v) is 6.94. The minimum absolute atomic E-state index is 0.0138. The van der Waals surface area contributed by atoms with Crippen LogP contribution in [0.15, 0.2) is 58.5 Å². The number of carboxylic acid groups (broad SMARTS) is 1. The molecule has 1 aromatic heterocycles. The zero-order chi connectivity index (χ0) is 15.9. The van der Waals surface area contributed by atoms with Crippen LogP contribution in [0.5, 0.6) is 0 Å². The van der Waals surface area contributed by atoms with Crippen LogP contribution in [0.3, 0.4) is 0 Å². The van der Waals surface area contributed by atoms with Gasteiger partial charge in [-0.25, -0.2) is 13.2 Å². The third-order valence-electron chi connectivity index (χ3n) is 3.49. The number of aryl methyl sites for hydroxylation is 1. The molecular weight excluding hydrogens is 302 g/mol. The number of benzene rings is 2. The molecule has 0 fully saturated rings. The van der Waals surface area contributed by atoms with Gasteiger partial charge in [0, 0.05) is 10.9 Å². The number of aromatic amines is 1. The van der Waals surface area contributed by atoms with Crippen LogP contribution in [0.2, 0.25) is 0 Å². The summed E-state index contributed by atoms with van der Waals surface area (Å²) >= 11 is 0. The number of carbonyl (C=O) groups is 1. The van der Waals surface area contributed by atoms with E-state index in [9.17, 15) is 18.3 Å². The average Bonchev–Trinajstić information content (AvgIpc) is 2.92. The maximum Gasteiger partial charge on any atom is 0.336 e. The lowest BCUT2D eigenvalue weighted by Gasteiger charge is -2.02. The number of aromatic nitrogens is 1. The fourth-order valence-corrected chi connectivity index (χ4v) is 3.57. The Balaban J connectivity index is 2.20. The third-order valence-corrected chi connectivity index (χ3v) is 5.18. The molecule has 6 heteroatoms. The molecule has 0 atom stereocenters. The van der Waals surface area contributed by atoms with Crippen molar-refractivity contribution in [1.29, 1.82) is 0 Å². The van der Waals surface area contributed by atoms with Crippen LogP contribution in [0.25, 0.3) is 10.9 Å². The number of rotatable bonds is 3. The highest BCUT2D eigenvalue weighted by Crippen LogP contribution is 2.26. The molecular formula is C16H13NO4S. The Morgan fingerprint density at radius 1 is 1.09 bits per heavy atom. The lowest BCUT2D eigenvalue weighted by molar-refractivity contribution is 0.0699. The van der Waals surface area contributed by atoms with Crippen molar-refractivity contribution >= 4 is 26.7 Å². The van der Waals surface area contributed by atoms with E-state index >= 15 is 0 Å². The molecule has 0 bridgehead atoms. The number of carboxylic acids is 1. The largest absolute Gasteiger partial charge is 0.478 e. The summed E-state index contributed by atoms with van der Waals surface area (Å²) in [6.45, 7) is 1.87. The predicted octanol–water partition coefficient (Wildman–Crippen LogP) is 3.01. The van der Waals surface area contributed by atoms with E-state index in [4.69, 9.17) is 0 Å². The summed E-state index contributed by atoms with van der Waals surface area (Å²) < 4.78 is 25.2. The number of sulfone groups is 1. The highest BCUT2D eigenvalue weighted by atomic mass is 32.2. The first-order valence-electron chi connectivity index (χ1n) is 6.56. The van der Waals surface area contributed by atoms with Crippen molar-refractivity contribution < 1.29 is 18.3 Å². The molecule has 3 aromatic rings. The predicted molar refractivity (Wildman–Crippen MR) is 81.9 cm³/mol. The topological polar surface area (TPSA) is 87.2 Å². The summed E-state index contributed by atoms with van der Waals surface area (Å²) in [5.41, 5.74) is 1.51. The van der Waals surface area contributed by atoms with Crippen LogP contribution in [0, 0.1) is 6.92 Å². The normalized spacial score (nSPS) is 11.7. The van der Waals surface area contributed by atoms with Crippen molar-refractivity contribution in [1.82, 2.24) is 4.98 Å². The van der Waals surface area contributed by atoms with Gasteiger partial charge in [-0.1, -0.05) is 23.8 Å². The van der Waals surface area contributed by atoms with E-state index in [1.165, 1.54) is 24.3 Å². The summed E-state index contributed by atoms with van der Waals surface area (Å²) in [4.78, 5) is 14.2. The second kappa shape index (κ2) is 4.99. The van der Waals surface area contributed by atoms with Crippen molar-refractivity contribution in [2.75, 3.05) is 0 Å². The molecule has 0 unspecified atom stereocenters. The summed E-state index contributed by atoms with van der Waals surface area (Å²) in [7, 11) is -3.71. The molecule has 0 aliphatic rings. The first-order chi connectivity index (χ1) is 10.4. The third kappa shape index (κ3) is 2.27. The molecule has 0 saturated carbocycles. The Labute approximate surface area is 127 Å². The quantitative estimate of drug-likeness (QED) is 0.778. The van der Waals surface area contributed by atoms with Gasteiger partial charge >= 0.3 is 5.97 Å². The molecule has 0 aliphatic heterocycles. The van der Waals surface area contributed by atoms with Crippen LogP contribution in [0.1, 0.15) is 15.9 Å². The first-order valence-corrected chi connectivity index (χ1v) is 8.05. The summed E-state index contributed by atoms with van der Waals surface area (Å²) in [5, 5.41) is 9.54. The van der Waals surface area contributed by atoms with Gasteiger partial charge in [-0.2, -0.15) is 0 Å². The molecule has 112 valence electrons. The fraction of sp³-hybridized carbons (Fsp3) is 0.0625. The van der Waals surface area contributed by atoms with E-state index < -0.39 is 15.8 Å². The SMILES string of the molecule is Cc1ccc(S(=O)(=O)c2cc3c(C(=O)O)cccc3[nH]2)cc1. The molecule has 0 spiro atoms. The van der Waals surface area contributed by atoms with Crippen LogP contribution < -0.4 is 0 Å². The highest BCUT2D eigenvalue weighted by Gasteiger charge is 2.21. The van der Waals surface area contributed by atoms with Gasteiger partial charge in [0.25, 0.3) is 0 Å². The van der Waals surface area contributed by atoms with Crippen molar-refractivity contribution in [3.8, 4) is 0 Å². The lowest BCUT2D eigenvalue weighted by Crippen LogP contribution is -2.02. The molecule has 2 aromatic carbocycles. The Hall–Kier alpha value is -2.60. The lowest BCUT2D eigenvalue weighted by atomic mass is 10.1. The molecule has 2 N–H and O–H groups in total. The van der Waals surface area contributed by atoms with E-state index in [-0.39, 0.29) is 15.5 Å². The molecule has 1 heterocycles. The standard InChI is InChI=1S/C16H13NO4S/c1-10-5-7-11(8-6-10)22(20,21)15-9-13-12(16(18)19)3-2-4-14(13)17-15/h2-9,17H,1H3,(H,18,19). The van der Waals surface area contributed by atoms with Crippen LogP contribution in [-0.4, -0.2) is 24.5 Å². The van der Waals surface area contributed by atoms with E-state index in [0.717, 1.165) is 5.56 Å². The number of hydrogen-bond donors (Lipinski definition) is 2. The number of aromatic carboxylic acids is 1. The van der Waals surface area contributed by atoms with Crippen molar-refractivity contribution in [2.45, 2.75) is 16.8 Å². The minimum atomic E-state index is -3.71. The summed E-state index contributed by atoms with van der Waals surface area (Å²) in [5.74, 6) is -1.09. The second-order valence-electron chi connectivity index (χ2n) is 5.02. The van der Waals surface area contributed by atoms with Gasteiger partial charge in [0.05, 0.1) is 10.5 Å². The van der Waals surface area contributed by atoms with Crippen LogP contribution >= 0.6 is 0 Å². The molecule has 0 amide bonds. The summed E-state index contributed by atoms with van der Waals surface area (Å²) in [6, 6.07) is 12.5. The minimum Gasteiger partial charge on any atom is -0.478 e. The molecule has 3 rings (SSSR count). The van der Waals surface area contributed by atoms with E-state index in [1.54, 1.807) is 24.3 Å². The molecule has 5 nitrogen and oxygen atoms in total. The molecule has 0 radical (unpaired) electrons. The van der Waals surface area contributed by atoms with Gasteiger partial charge < -0.3 is 10.1 Å². The average molecular weight is 315 g/mol. The summed E-state index contributed by atoms with van der Waals surface area (Å²) in [6.07, 6.45) is 0. The zero-order valence-electron chi connectivity index (χ0n) is 11.7. The smallest absolute Gasteiger partial charge is 0.336 e. The Morgan fingerprint density at radius 3 is 2.41 bits per heavy atom. The van der Waals surface area contributed by atoms with Gasteiger partial charge in [-0.15, -0.1) is 0 Å². The Morgan fingerprint density at radius 2 is 1.77 bits per heavy atom.